The Labute approximate surface area is 198 Å². The van der Waals surface area contributed by atoms with E-state index in [1.165, 1.54) is 5.56 Å². The fourth-order valence-electron chi connectivity index (χ4n) is 3.30. The summed E-state index contributed by atoms with van der Waals surface area (Å²) in [5, 5.41) is 2.62. The van der Waals surface area contributed by atoms with Gasteiger partial charge in [-0.1, -0.05) is 30.3 Å². The van der Waals surface area contributed by atoms with Gasteiger partial charge in [-0.25, -0.2) is 4.57 Å². The van der Waals surface area contributed by atoms with Crippen LogP contribution in [0.2, 0.25) is 0 Å². The Bertz CT molecular complexity index is 1080. The zero-order chi connectivity index (χ0) is 24.4. The Morgan fingerprint density at radius 2 is 1.88 bits per heavy atom. The largest absolute Gasteiger partial charge is 0.493 e. The molecule has 2 aromatic carbocycles. The van der Waals surface area contributed by atoms with E-state index >= 15 is 0 Å². The average molecular weight is 488 g/mol. The third kappa shape index (κ3) is 8.44. The van der Waals surface area contributed by atoms with Gasteiger partial charge in [0.25, 0.3) is 0 Å². The molecule has 0 radical (unpaired) electrons. The minimum Gasteiger partial charge on any atom is -0.493 e. The molecule has 3 rings (SSSR count). The third-order valence-corrected chi connectivity index (χ3v) is 5.53. The van der Waals surface area contributed by atoms with Gasteiger partial charge in [0.05, 0.1) is 25.7 Å². The number of nitrogens with two attached hydrogens (primary N) is 1. The van der Waals surface area contributed by atoms with Crippen LogP contribution >= 0.6 is 7.82 Å². The van der Waals surface area contributed by atoms with E-state index in [2.05, 4.69) is 22.0 Å². The van der Waals surface area contributed by atoms with Crippen molar-refractivity contribution in [3.05, 3.63) is 72.7 Å². The van der Waals surface area contributed by atoms with Crippen molar-refractivity contribution in [3.63, 3.8) is 0 Å². The van der Waals surface area contributed by atoms with Crippen molar-refractivity contribution in [2.45, 2.75) is 31.7 Å². The van der Waals surface area contributed by atoms with Crippen LogP contribution in [0.3, 0.4) is 0 Å². The fraction of sp³-hybridized carbons (Fsp3) is 0.292. The van der Waals surface area contributed by atoms with Crippen LogP contribution in [-0.4, -0.2) is 34.9 Å². The number of carbonyl (C=O) groups excluding carboxylic acids is 1. The molecule has 5 N–H and O–H groups in total. The molecule has 0 aliphatic rings. The van der Waals surface area contributed by atoms with E-state index in [1.54, 1.807) is 36.8 Å². The first-order valence-corrected chi connectivity index (χ1v) is 12.4. The smallest absolute Gasteiger partial charge is 0.469 e. The predicted molar refractivity (Wildman–Crippen MR) is 128 cm³/mol. The zero-order valence-corrected chi connectivity index (χ0v) is 19.5. The van der Waals surface area contributed by atoms with Gasteiger partial charge in [0, 0.05) is 16.8 Å². The summed E-state index contributed by atoms with van der Waals surface area (Å²) >= 11 is 0. The highest BCUT2D eigenvalue weighted by atomic mass is 31.2. The summed E-state index contributed by atoms with van der Waals surface area (Å²) in [6, 6.07) is 16.0. The number of nitrogens with one attached hydrogen (secondary N) is 1. The summed E-state index contributed by atoms with van der Waals surface area (Å²) in [5.41, 5.74) is 8.95. The number of carbonyl (C=O) groups is 1. The maximum absolute atomic E-state index is 12.3. The maximum Gasteiger partial charge on any atom is 0.469 e. The van der Waals surface area contributed by atoms with E-state index in [-0.39, 0.29) is 0 Å². The summed E-state index contributed by atoms with van der Waals surface area (Å²) in [7, 11) is -4.71. The van der Waals surface area contributed by atoms with Gasteiger partial charge in [0.15, 0.2) is 0 Å². The molecule has 1 heterocycles. The van der Waals surface area contributed by atoms with E-state index in [0.717, 1.165) is 36.8 Å². The van der Waals surface area contributed by atoms with E-state index < -0.39 is 26.4 Å². The van der Waals surface area contributed by atoms with Gasteiger partial charge in [-0.05, 0) is 55.5 Å². The fourth-order valence-corrected chi connectivity index (χ4v) is 3.65. The summed E-state index contributed by atoms with van der Waals surface area (Å²) in [6.45, 7) is -0.0634. The lowest BCUT2D eigenvalue weighted by Crippen LogP contribution is -2.39. The Kier molecular flexibility index (Phi) is 9.44. The van der Waals surface area contributed by atoms with Gasteiger partial charge in [0.1, 0.15) is 11.8 Å². The van der Waals surface area contributed by atoms with Gasteiger partial charge in [-0.3, -0.25) is 9.32 Å². The summed E-state index contributed by atoms with van der Waals surface area (Å²) < 4.78 is 26.3. The van der Waals surface area contributed by atoms with Crippen molar-refractivity contribution < 1.29 is 32.8 Å². The van der Waals surface area contributed by atoms with Gasteiger partial charge in [-0.15, -0.1) is 0 Å². The molecule has 10 heteroatoms. The number of anilines is 1. The van der Waals surface area contributed by atoms with E-state index in [0.29, 0.717) is 18.0 Å². The summed E-state index contributed by atoms with van der Waals surface area (Å²) in [4.78, 5) is 29.8. The molecule has 34 heavy (non-hydrogen) atoms. The Hall–Kier alpha value is -2.94. The van der Waals surface area contributed by atoms with Crippen molar-refractivity contribution in [1.82, 2.24) is 0 Å². The highest BCUT2D eigenvalue weighted by molar-refractivity contribution is 7.46. The van der Waals surface area contributed by atoms with E-state index in [4.69, 9.17) is 24.7 Å². The number of phosphoric ester groups is 1. The monoisotopic (exact) mass is 488 g/mol. The standard InChI is InChI=1S/C24H29N2O7P/c25-22(17-33-34(28,29)30)24(27)26-20-10-11-23(21(15-20)19-12-14-31-16-19)32-13-6-2-5-9-18-7-3-1-4-8-18/h1,3-4,7-8,10-12,14-16,22H,2,5-6,9,13,17,25H2,(H,26,27)(H2,28,29,30). The van der Waals surface area contributed by atoms with Crippen LogP contribution in [0.1, 0.15) is 24.8 Å². The van der Waals surface area contributed by atoms with Crippen molar-refractivity contribution in [2.24, 2.45) is 5.73 Å². The Morgan fingerprint density at radius 3 is 2.59 bits per heavy atom. The number of unbranched alkanes of at least 4 members (excludes halogenated alkanes) is 2. The highest BCUT2D eigenvalue weighted by Crippen LogP contribution is 2.36. The molecule has 0 aliphatic heterocycles. The minimum absolute atomic E-state index is 0.447. The number of rotatable bonds is 13. The Balaban J connectivity index is 1.55. The van der Waals surface area contributed by atoms with Crippen molar-refractivity contribution in [1.29, 1.82) is 0 Å². The Morgan fingerprint density at radius 1 is 1.09 bits per heavy atom. The average Bonchev–Trinajstić information content (AvgIpc) is 3.35. The van der Waals surface area contributed by atoms with Crippen molar-refractivity contribution in [2.75, 3.05) is 18.5 Å². The lowest BCUT2D eigenvalue weighted by molar-refractivity contribution is -0.118. The number of hydrogen-bond acceptors (Lipinski definition) is 6. The first kappa shape index (κ1) is 25.7. The normalized spacial score (nSPS) is 12.3. The van der Waals surface area contributed by atoms with Crippen LogP contribution in [0.4, 0.5) is 5.69 Å². The quantitative estimate of drug-likeness (QED) is 0.208. The molecule has 0 aliphatic carbocycles. The molecular formula is C24H29N2O7P. The number of aryl methyl sites for hydroxylation is 1. The van der Waals surface area contributed by atoms with Gasteiger partial charge in [-0.2, -0.15) is 0 Å². The number of furan rings is 1. The SMILES string of the molecule is NC(COP(=O)(O)O)C(=O)Nc1ccc(OCCCCCc2ccccc2)c(-c2ccoc2)c1. The molecule has 3 aromatic rings. The molecular weight excluding hydrogens is 459 g/mol. The lowest BCUT2D eigenvalue weighted by Gasteiger charge is -2.15. The number of amides is 1. The molecule has 0 spiro atoms. The maximum atomic E-state index is 12.3. The van der Waals surface area contributed by atoms with Gasteiger partial charge >= 0.3 is 7.82 Å². The number of benzene rings is 2. The van der Waals surface area contributed by atoms with Crippen LogP contribution < -0.4 is 15.8 Å². The first-order valence-electron chi connectivity index (χ1n) is 10.9. The molecule has 0 saturated carbocycles. The highest BCUT2D eigenvalue weighted by Gasteiger charge is 2.21. The van der Waals surface area contributed by atoms with Gasteiger partial charge < -0.3 is 30.0 Å². The van der Waals surface area contributed by atoms with Crippen LogP contribution in [0.15, 0.2) is 71.5 Å². The zero-order valence-electron chi connectivity index (χ0n) is 18.6. The van der Waals surface area contributed by atoms with Crippen molar-refractivity contribution in [3.8, 4) is 16.9 Å². The number of phosphoric acid groups is 1. The van der Waals surface area contributed by atoms with E-state index in [9.17, 15) is 9.36 Å². The van der Waals surface area contributed by atoms with Crippen LogP contribution in [0.25, 0.3) is 11.1 Å². The molecule has 0 bridgehead atoms. The van der Waals surface area contributed by atoms with Crippen molar-refractivity contribution >= 4 is 19.4 Å². The molecule has 1 unspecified atom stereocenters. The summed E-state index contributed by atoms with van der Waals surface area (Å²) in [6.07, 6.45) is 7.19. The van der Waals surface area contributed by atoms with Crippen LogP contribution in [0, 0.1) is 0 Å². The molecule has 0 saturated heterocycles. The number of hydrogen-bond donors (Lipinski definition) is 4. The topological polar surface area (TPSA) is 144 Å². The molecule has 182 valence electrons. The first-order chi connectivity index (χ1) is 16.3. The summed E-state index contributed by atoms with van der Waals surface area (Å²) in [5.74, 6) is 0.00951. The molecule has 0 fully saturated rings. The van der Waals surface area contributed by atoms with Crippen LogP contribution in [0.5, 0.6) is 5.75 Å². The molecule has 1 atom stereocenters. The molecule has 9 nitrogen and oxygen atoms in total. The van der Waals surface area contributed by atoms with Gasteiger partial charge in [0.2, 0.25) is 5.91 Å². The second-order valence-electron chi connectivity index (χ2n) is 7.75. The number of ether oxygens (including phenoxy) is 1. The predicted octanol–water partition coefficient (Wildman–Crippen LogP) is 4.11. The third-order valence-electron chi connectivity index (χ3n) is 5.05. The molecule has 1 amide bonds. The lowest BCUT2D eigenvalue weighted by atomic mass is 10.1. The van der Waals surface area contributed by atoms with E-state index in [1.807, 2.05) is 18.2 Å². The minimum atomic E-state index is -4.71. The second kappa shape index (κ2) is 12.5. The van der Waals surface area contributed by atoms with Crippen LogP contribution in [-0.2, 0) is 20.3 Å². The second-order valence-corrected chi connectivity index (χ2v) is 8.99. The molecule has 1 aromatic heterocycles.